The monoisotopic (exact) mass is 503 g/mol. The predicted octanol–water partition coefficient (Wildman–Crippen LogP) is 4.62. The third kappa shape index (κ3) is 8.24. The van der Waals surface area contributed by atoms with E-state index in [4.69, 9.17) is 10.4 Å². The number of hydrogen-bond donors (Lipinski definition) is 2. The molecule has 2 fully saturated rings. The van der Waals surface area contributed by atoms with E-state index in [1.54, 1.807) is 0 Å². The number of aliphatic hydroxyl groups is 1. The molecule has 2 N–H and O–H groups in total. The zero-order valence-corrected chi connectivity index (χ0v) is 23.7. The first-order chi connectivity index (χ1) is 17.7. The third-order valence-corrected chi connectivity index (χ3v) is 6.88. The molecule has 0 unspecified atom stereocenters. The average molecular weight is 504 g/mol. The number of aromatic nitrogens is 2. The maximum Gasteiger partial charge on any atom is 0.156 e. The summed E-state index contributed by atoms with van der Waals surface area (Å²) in [5.74, 6) is 0.721. The Hall–Kier alpha value is -3.01. The normalized spacial score (nSPS) is 16.4. The summed E-state index contributed by atoms with van der Waals surface area (Å²) in [4.78, 5) is 2.35. The molecule has 1 aliphatic carbocycles. The quantitative estimate of drug-likeness (QED) is 0.599. The molecular weight excluding hydrogens is 458 g/mol. The molecule has 6 nitrogen and oxygen atoms in total. The first-order valence-corrected chi connectivity index (χ1v) is 13.5. The highest BCUT2D eigenvalue weighted by atomic mass is 16.3. The van der Waals surface area contributed by atoms with Gasteiger partial charge in [0.1, 0.15) is 0 Å². The predicted molar refractivity (Wildman–Crippen MR) is 154 cm³/mol. The van der Waals surface area contributed by atoms with Crippen molar-refractivity contribution < 1.29 is 5.11 Å². The number of hydrogen-bond acceptors (Lipinski definition) is 6. The number of nitriles is 1. The number of likely N-dealkylation sites (tertiary alicyclic amines) is 1. The van der Waals surface area contributed by atoms with Gasteiger partial charge >= 0.3 is 0 Å². The van der Waals surface area contributed by atoms with E-state index < -0.39 is 0 Å². The van der Waals surface area contributed by atoms with Gasteiger partial charge in [-0.1, -0.05) is 57.0 Å². The minimum absolute atomic E-state index is 0.329. The van der Waals surface area contributed by atoms with Gasteiger partial charge in [-0.25, -0.2) is 0 Å². The van der Waals surface area contributed by atoms with Crippen LogP contribution in [0.5, 0.6) is 0 Å². The molecule has 1 saturated carbocycles. The lowest BCUT2D eigenvalue weighted by molar-refractivity contribution is -0.0648. The summed E-state index contributed by atoms with van der Waals surface area (Å²) in [6.45, 7) is 20.4. The van der Waals surface area contributed by atoms with Crippen molar-refractivity contribution in [3.05, 3.63) is 63.2 Å². The molecule has 1 aromatic heterocycles. The Kier molecular flexibility index (Phi) is 12.0. The number of allylic oxidation sites excluding steroid dienone is 1. The van der Waals surface area contributed by atoms with Gasteiger partial charge in [-0.15, -0.1) is 5.10 Å². The van der Waals surface area contributed by atoms with Gasteiger partial charge in [0, 0.05) is 36.6 Å². The summed E-state index contributed by atoms with van der Waals surface area (Å²) in [6, 6.07) is 7.96. The van der Waals surface area contributed by atoms with E-state index in [1.807, 2.05) is 58.0 Å². The van der Waals surface area contributed by atoms with Crippen molar-refractivity contribution in [2.24, 2.45) is 5.41 Å². The SMILES string of the molecule is C=C(C)/C=c1/c(NCc2cccc(C#N)c2C)nnc(C)/c1=C/C.CCC.OCCN1CC2(CCC2)C1. The number of nitrogens with zero attached hydrogens (tertiary/aromatic N) is 4. The lowest BCUT2D eigenvalue weighted by atomic mass is 9.63. The van der Waals surface area contributed by atoms with Crippen LogP contribution in [0.2, 0.25) is 0 Å². The Balaban J connectivity index is 0.000000303. The molecule has 200 valence electrons. The topological polar surface area (TPSA) is 85.1 Å². The second-order valence-electron chi connectivity index (χ2n) is 10.3. The zero-order valence-electron chi connectivity index (χ0n) is 23.7. The summed E-state index contributed by atoms with van der Waals surface area (Å²) in [6.07, 6.45) is 9.61. The minimum atomic E-state index is 0.329. The van der Waals surface area contributed by atoms with Gasteiger partial charge in [-0.3, -0.25) is 4.90 Å². The Labute approximate surface area is 223 Å². The Morgan fingerprint density at radius 3 is 2.41 bits per heavy atom. The Bertz CT molecular complexity index is 1200. The molecule has 37 heavy (non-hydrogen) atoms. The van der Waals surface area contributed by atoms with E-state index >= 15 is 0 Å². The van der Waals surface area contributed by atoms with Crippen molar-refractivity contribution in [2.45, 2.75) is 73.8 Å². The number of aliphatic hydroxyl groups excluding tert-OH is 1. The van der Waals surface area contributed by atoms with E-state index in [-0.39, 0.29) is 0 Å². The van der Waals surface area contributed by atoms with Gasteiger partial charge in [-0.2, -0.15) is 10.4 Å². The summed E-state index contributed by atoms with van der Waals surface area (Å²) in [5.41, 5.74) is 5.32. The van der Waals surface area contributed by atoms with Crippen molar-refractivity contribution in [2.75, 3.05) is 31.6 Å². The second kappa shape index (κ2) is 14.7. The molecule has 0 radical (unpaired) electrons. The number of anilines is 1. The average Bonchev–Trinajstić information content (AvgIpc) is 2.81. The summed E-state index contributed by atoms with van der Waals surface area (Å²) < 4.78 is 0. The molecule has 2 heterocycles. The van der Waals surface area contributed by atoms with Crippen LogP contribution in [0.15, 0.2) is 30.4 Å². The molecule has 1 aromatic carbocycles. The largest absolute Gasteiger partial charge is 0.395 e. The van der Waals surface area contributed by atoms with Crippen LogP contribution >= 0.6 is 0 Å². The van der Waals surface area contributed by atoms with Crippen LogP contribution in [-0.2, 0) is 6.54 Å². The fourth-order valence-corrected chi connectivity index (χ4v) is 4.81. The van der Waals surface area contributed by atoms with E-state index in [1.165, 1.54) is 38.8 Å². The molecule has 1 spiro atoms. The first-order valence-electron chi connectivity index (χ1n) is 13.5. The van der Waals surface area contributed by atoms with E-state index in [0.717, 1.165) is 50.6 Å². The van der Waals surface area contributed by atoms with Gasteiger partial charge in [0.2, 0.25) is 0 Å². The fourth-order valence-electron chi connectivity index (χ4n) is 4.81. The van der Waals surface area contributed by atoms with Crippen molar-refractivity contribution in [3.8, 4) is 6.07 Å². The zero-order chi connectivity index (χ0) is 27.4. The van der Waals surface area contributed by atoms with Crippen LogP contribution in [0.1, 0.15) is 75.8 Å². The molecule has 1 aliphatic heterocycles. The lowest BCUT2D eigenvalue weighted by Crippen LogP contribution is -2.60. The van der Waals surface area contributed by atoms with Gasteiger partial charge in [0.25, 0.3) is 0 Å². The molecule has 1 saturated heterocycles. The van der Waals surface area contributed by atoms with Crippen molar-refractivity contribution in [3.63, 3.8) is 0 Å². The van der Waals surface area contributed by atoms with Crippen molar-refractivity contribution in [1.29, 1.82) is 5.26 Å². The van der Waals surface area contributed by atoms with Gasteiger partial charge < -0.3 is 10.4 Å². The highest BCUT2D eigenvalue weighted by molar-refractivity contribution is 5.53. The van der Waals surface area contributed by atoms with Crippen LogP contribution in [0.25, 0.3) is 12.2 Å². The second-order valence-corrected chi connectivity index (χ2v) is 10.3. The molecule has 0 amide bonds. The smallest absolute Gasteiger partial charge is 0.156 e. The summed E-state index contributed by atoms with van der Waals surface area (Å²) >= 11 is 0. The number of aryl methyl sites for hydroxylation is 1. The molecule has 6 heteroatoms. The third-order valence-electron chi connectivity index (χ3n) is 6.88. The highest BCUT2D eigenvalue weighted by Crippen LogP contribution is 2.47. The Morgan fingerprint density at radius 1 is 1.22 bits per heavy atom. The summed E-state index contributed by atoms with van der Waals surface area (Å²) in [7, 11) is 0. The molecule has 0 atom stereocenters. The van der Waals surface area contributed by atoms with Crippen LogP contribution in [0.3, 0.4) is 0 Å². The van der Waals surface area contributed by atoms with Crippen LogP contribution in [0, 0.1) is 30.6 Å². The lowest BCUT2D eigenvalue weighted by Gasteiger charge is -2.56. The molecule has 0 bridgehead atoms. The molecule has 2 aliphatic rings. The highest BCUT2D eigenvalue weighted by Gasteiger charge is 2.46. The Morgan fingerprint density at radius 2 is 1.89 bits per heavy atom. The van der Waals surface area contributed by atoms with Gasteiger partial charge in [0.15, 0.2) is 5.82 Å². The maximum atomic E-state index is 9.16. The van der Waals surface area contributed by atoms with E-state index in [0.29, 0.717) is 18.7 Å². The maximum absolute atomic E-state index is 9.16. The molecule has 4 rings (SSSR count). The number of β-amino-alcohol motifs (C(OH)–C–C–N with tert-alkyl or cyclic N) is 1. The van der Waals surface area contributed by atoms with E-state index in [9.17, 15) is 0 Å². The standard InChI is InChI=1S/C20H22N4.C8H15NO.C3H8/c1-6-18-15(5)23-24-20(19(18)10-13(2)3)22-12-17-9-7-8-16(11-21)14(17)4;10-5-4-9-6-8(7-9)2-1-3-8;1-3-2/h6-10H,2,12H2,1,3-5H3,(H,22,24);10H,1-7H2;3H2,1-2H3/b18-6-,19-10+;;. The fraction of sp³-hybridized carbons (Fsp3) is 0.516. The first kappa shape index (κ1) is 30.2. The minimum Gasteiger partial charge on any atom is -0.395 e. The number of rotatable bonds is 6. The van der Waals surface area contributed by atoms with E-state index in [2.05, 4.69) is 46.9 Å². The molecular formula is C31H45N5O. The van der Waals surface area contributed by atoms with Gasteiger partial charge in [-0.05, 0) is 69.2 Å². The molecule has 2 aromatic rings. The number of benzene rings is 1. The van der Waals surface area contributed by atoms with Crippen LogP contribution in [0.4, 0.5) is 5.82 Å². The van der Waals surface area contributed by atoms with Gasteiger partial charge in [0.05, 0.1) is 23.9 Å². The van der Waals surface area contributed by atoms with Crippen LogP contribution < -0.4 is 15.8 Å². The summed E-state index contributed by atoms with van der Waals surface area (Å²) in [5, 5.41) is 31.7. The van der Waals surface area contributed by atoms with Crippen molar-refractivity contribution in [1.82, 2.24) is 15.1 Å². The van der Waals surface area contributed by atoms with Crippen molar-refractivity contribution >= 4 is 18.0 Å². The number of nitrogens with one attached hydrogen (secondary N) is 1. The van der Waals surface area contributed by atoms with Crippen LogP contribution in [-0.4, -0.2) is 46.4 Å².